The molecule has 0 unspecified atom stereocenters. The fraction of sp³-hybridized carbons (Fsp3) is 0.625. The van der Waals surface area contributed by atoms with Crippen molar-refractivity contribution in [2.45, 2.75) is 52.0 Å². The Morgan fingerprint density at radius 3 is 2.73 bits per heavy atom. The Kier molecular flexibility index (Phi) is 4.23. The minimum absolute atomic E-state index is 0.211. The van der Waals surface area contributed by atoms with E-state index >= 15 is 0 Å². The van der Waals surface area contributed by atoms with E-state index in [0.717, 1.165) is 49.1 Å². The molecule has 1 aliphatic heterocycles. The Morgan fingerprint density at radius 1 is 1.32 bits per heavy atom. The van der Waals surface area contributed by atoms with Gasteiger partial charge in [0, 0.05) is 23.4 Å². The molecule has 1 aromatic rings. The van der Waals surface area contributed by atoms with Crippen LogP contribution in [0, 0.1) is 5.41 Å². The summed E-state index contributed by atoms with van der Waals surface area (Å²) in [6, 6.07) is 1.80. The third-order valence-electron chi connectivity index (χ3n) is 4.95. The summed E-state index contributed by atoms with van der Waals surface area (Å²) < 4.78 is 0. The molecule has 3 rings (SSSR count). The first-order valence-electron chi connectivity index (χ1n) is 7.89. The maximum atomic E-state index is 12.9. The van der Waals surface area contributed by atoms with Crippen LogP contribution in [0.5, 0.6) is 0 Å². The maximum absolute atomic E-state index is 12.9. The fourth-order valence-electron chi connectivity index (χ4n) is 3.60. The van der Waals surface area contributed by atoms with Gasteiger partial charge in [0.1, 0.15) is 0 Å². The summed E-state index contributed by atoms with van der Waals surface area (Å²) in [6.07, 6.45) is 6.27. The van der Waals surface area contributed by atoms with E-state index in [0.29, 0.717) is 11.4 Å². The Bertz CT molecular complexity index is 590. The molecule has 6 heteroatoms. The molecule has 2 N–H and O–H groups in total. The molecule has 2 heterocycles. The van der Waals surface area contributed by atoms with Gasteiger partial charge in [0.05, 0.1) is 4.88 Å². The van der Waals surface area contributed by atoms with E-state index in [9.17, 15) is 9.59 Å². The van der Waals surface area contributed by atoms with Crippen LogP contribution in [0.15, 0.2) is 6.07 Å². The first kappa shape index (κ1) is 15.5. The van der Waals surface area contributed by atoms with Gasteiger partial charge in [0.15, 0.2) is 0 Å². The van der Waals surface area contributed by atoms with Crippen LogP contribution in [-0.4, -0.2) is 28.5 Å². The molecule has 0 atom stereocenters. The van der Waals surface area contributed by atoms with Gasteiger partial charge in [-0.1, -0.05) is 26.2 Å². The molecule has 2 amide bonds. The topological polar surface area (TPSA) is 69.6 Å². The van der Waals surface area contributed by atoms with Gasteiger partial charge in [-0.15, -0.1) is 11.3 Å². The van der Waals surface area contributed by atoms with Crippen molar-refractivity contribution >= 4 is 23.2 Å². The average Bonchev–Trinajstić information content (AvgIpc) is 2.97. The zero-order valence-electron chi connectivity index (χ0n) is 12.9. The zero-order valence-corrected chi connectivity index (χ0v) is 13.7. The number of amides is 2. The van der Waals surface area contributed by atoms with Gasteiger partial charge in [-0.05, 0) is 30.9 Å². The van der Waals surface area contributed by atoms with E-state index in [1.807, 2.05) is 4.90 Å². The number of hydrogen-bond acceptors (Lipinski definition) is 4. The van der Waals surface area contributed by atoms with Crippen molar-refractivity contribution in [2.75, 3.05) is 6.54 Å². The van der Waals surface area contributed by atoms with E-state index in [1.165, 1.54) is 17.8 Å². The number of fused-ring (bicyclic) bond motifs is 1. The summed E-state index contributed by atoms with van der Waals surface area (Å²) in [5.41, 5.74) is 2.51. The van der Waals surface area contributed by atoms with Gasteiger partial charge in [-0.3, -0.25) is 14.8 Å². The molecule has 0 aromatic carbocycles. The Hall–Kier alpha value is -1.40. The lowest BCUT2D eigenvalue weighted by atomic mass is 9.74. The summed E-state index contributed by atoms with van der Waals surface area (Å²) in [6.45, 7) is 3.41. The number of rotatable bonds is 2. The minimum atomic E-state index is -0.475. The SMILES string of the molecule is CC1(C(=O)N2CCc3sc(C(=O)NO)cc3C2)CCCCC1. The lowest BCUT2D eigenvalue weighted by molar-refractivity contribution is -0.144. The smallest absolute Gasteiger partial charge is 0.284 e. The van der Waals surface area contributed by atoms with Crippen LogP contribution in [0.2, 0.25) is 0 Å². The molecule has 2 aliphatic rings. The Morgan fingerprint density at radius 2 is 2.05 bits per heavy atom. The molecule has 1 fully saturated rings. The van der Waals surface area contributed by atoms with Gasteiger partial charge in [-0.2, -0.15) is 0 Å². The molecular weight excluding hydrogens is 300 g/mol. The van der Waals surface area contributed by atoms with Gasteiger partial charge < -0.3 is 4.90 Å². The van der Waals surface area contributed by atoms with Crippen molar-refractivity contribution in [3.05, 3.63) is 21.4 Å². The number of nitrogens with zero attached hydrogens (tertiary/aromatic N) is 1. The predicted octanol–water partition coefficient (Wildman–Crippen LogP) is 2.72. The molecule has 1 saturated carbocycles. The number of carbonyl (C=O) groups excluding carboxylic acids is 2. The first-order valence-corrected chi connectivity index (χ1v) is 8.70. The van der Waals surface area contributed by atoms with E-state index in [2.05, 4.69) is 6.92 Å². The first-order chi connectivity index (χ1) is 10.5. The second-order valence-electron chi connectivity index (χ2n) is 6.60. The van der Waals surface area contributed by atoms with Gasteiger partial charge in [0.2, 0.25) is 5.91 Å². The second kappa shape index (κ2) is 6.01. The van der Waals surface area contributed by atoms with Gasteiger partial charge in [-0.25, -0.2) is 5.48 Å². The van der Waals surface area contributed by atoms with E-state index < -0.39 is 5.91 Å². The van der Waals surface area contributed by atoms with Crippen LogP contribution >= 0.6 is 11.3 Å². The van der Waals surface area contributed by atoms with E-state index in [1.54, 1.807) is 11.5 Å². The molecule has 120 valence electrons. The quantitative estimate of drug-likeness (QED) is 0.650. The largest absolute Gasteiger partial charge is 0.337 e. The molecule has 0 radical (unpaired) electrons. The van der Waals surface area contributed by atoms with Crippen molar-refractivity contribution in [3.63, 3.8) is 0 Å². The molecule has 0 bridgehead atoms. The van der Waals surface area contributed by atoms with Crippen LogP contribution in [0.25, 0.3) is 0 Å². The monoisotopic (exact) mass is 322 g/mol. The van der Waals surface area contributed by atoms with Crippen LogP contribution < -0.4 is 5.48 Å². The lowest BCUT2D eigenvalue weighted by Gasteiger charge is -2.38. The normalized spacial score (nSPS) is 20.4. The van der Waals surface area contributed by atoms with Crippen LogP contribution in [0.1, 0.15) is 59.1 Å². The van der Waals surface area contributed by atoms with Crippen molar-refractivity contribution < 1.29 is 14.8 Å². The molecular formula is C16H22N2O3S. The molecule has 1 aromatic heterocycles. The molecule has 5 nitrogen and oxygen atoms in total. The predicted molar refractivity (Wildman–Crippen MR) is 83.9 cm³/mol. The van der Waals surface area contributed by atoms with Crippen molar-refractivity contribution in [2.24, 2.45) is 5.41 Å². The van der Waals surface area contributed by atoms with Crippen LogP contribution in [0.3, 0.4) is 0 Å². The number of hydrogen-bond donors (Lipinski definition) is 2. The van der Waals surface area contributed by atoms with E-state index in [-0.39, 0.29) is 11.3 Å². The molecule has 1 aliphatic carbocycles. The molecule has 0 saturated heterocycles. The van der Waals surface area contributed by atoms with Crippen LogP contribution in [-0.2, 0) is 17.8 Å². The highest BCUT2D eigenvalue weighted by molar-refractivity contribution is 7.14. The standard InChI is InChI=1S/C16H22N2O3S/c1-16(6-3-2-4-7-16)15(20)18-8-5-12-11(10-18)9-13(22-12)14(19)17-21/h9,21H,2-8,10H2,1H3,(H,17,19). The van der Waals surface area contributed by atoms with Crippen molar-refractivity contribution in [3.8, 4) is 0 Å². The third kappa shape index (κ3) is 2.77. The Balaban J connectivity index is 1.75. The van der Waals surface area contributed by atoms with E-state index in [4.69, 9.17) is 5.21 Å². The van der Waals surface area contributed by atoms with Crippen molar-refractivity contribution in [1.29, 1.82) is 0 Å². The summed E-state index contributed by atoms with van der Waals surface area (Å²) >= 11 is 1.41. The third-order valence-corrected chi connectivity index (χ3v) is 6.19. The highest BCUT2D eigenvalue weighted by Crippen LogP contribution is 2.39. The van der Waals surface area contributed by atoms with Gasteiger partial charge in [0.25, 0.3) is 5.91 Å². The number of carbonyl (C=O) groups is 2. The zero-order chi connectivity index (χ0) is 15.7. The maximum Gasteiger partial charge on any atom is 0.284 e. The van der Waals surface area contributed by atoms with Crippen molar-refractivity contribution in [1.82, 2.24) is 10.4 Å². The summed E-state index contributed by atoms with van der Waals surface area (Å²) in [7, 11) is 0. The fourth-order valence-corrected chi connectivity index (χ4v) is 4.65. The summed E-state index contributed by atoms with van der Waals surface area (Å²) in [5.74, 6) is -0.214. The molecule has 0 spiro atoms. The summed E-state index contributed by atoms with van der Waals surface area (Å²) in [5, 5.41) is 8.74. The highest BCUT2D eigenvalue weighted by Gasteiger charge is 2.38. The lowest BCUT2D eigenvalue weighted by Crippen LogP contribution is -2.45. The minimum Gasteiger partial charge on any atom is -0.337 e. The number of nitrogens with one attached hydrogen (secondary N) is 1. The number of hydroxylamine groups is 1. The van der Waals surface area contributed by atoms with Gasteiger partial charge >= 0.3 is 0 Å². The highest BCUT2D eigenvalue weighted by atomic mass is 32.1. The number of thiophene rings is 1. The Labute approximate surface area is 134 Å². The second-order valence-corrected chi connectivity index (χ2v) is 7.73. The average molecular weight is 322 g/mol. The summed E-state index contributed by atoms with van der Waals surface area (Å²) in [4.78, 5) is 28.0. The van der Waals surface area contributed by atoms with Crippen LogP contribution in [0.4, 0.5) is 0 Å². The molecule has 22 heavy (non-hydrogen) atoms.